The quantitative estimate of drug-likeness (QED) is 0.913. The van der Waals surface area contributed by atoms with E-state index in [1.807, 2.05) is 6.20 Å². The van der Waals surface area contributed by atoms with Crippen molar-refractivity contribution in [1.82, 2.24) is 4.98 Å². The predicted molar refractivity (Wildman–Crippen MR) is 75.3 cm³/mol. The smallest absolute Gasteiger partial charge is 0.131 e. The summed E-state index contributed by atoms with van der Waals surface area (Å²) >= 11 is 3.45. The summed E-state index contributed by atoms with van der Waals surface area (Å²) in [6, 6.07) is 2.12. The number of halogens is 1. The number of hydrogen-bond donors (Lipinski definition) is 1. The van der Waals surface area contributed by atoms with Crippen molar-refractivity contribution in [2.45, 2.75) is 26.7 Å². The van der Waals surface area contributed by atoms with E-state index in [4.69, 9.17) is 5.73 Å². The van der Waals surface area contributed by atoms with Gasteiger partial charge in [0.2, 0.25) is 0 Å². The minimum absolute atomic E-state index is 0.319. The Balaban J connectivity index is 2.10. The van der Waals surface area contributed by atoms with Gasteiger partial charge in [-0.25, -0.2) is 4.98 Å². The predicted octanol–water partition coefficient (Wildman–Crippen LogP) is 2.72. The van der Waals surface area contributed by atoms with E-state index in [1.54, 1.807) is 0 Å². The zero-order valence-corrected chi connectivity index (χ0v) is 12.1. The van der Waals surface area contributed by atoms with Crippen LogP contribution in [0.15, 0.2) is 16.7 Å². The Morgan fingerprint density at radius 1 is 1.47 bits per heavy atom. The van der Waals surface area contributed by atoms with Gasteiger partial charge in [-0.15, -0.1) is 0 Å². The molecule has 1 aliphatic rings. The number of rotatable bonds is 2. The van der Waals surface area contributed by atoms with Crippen LogP contribution in [-0.2, 0) is 0 Å². The molecule has 2 rings (SSSR count). The molecule has 2 heterocycles. The first-order valence-electron chi connectivity index (χ1n) is 6.11. The van der Waals surface area contributed by atoms with E-state index in [0.717, 1.165) is 42.8 Å². The Labute approximate surface area is 112 Å². The van der Waals surface area contributed by atoms with Crippen LogP contribution in [0.1, 0.15) is 25.3 Å². The average molecular weight is 298 g/mol. The Hall–Kier alpha value is -0.610. The van der Waals surface area contributed by atoms with Gasteiger partial charge in [0.15, 0.2) is 0 Å². The molecular formula is C13H20BrN3. The molecule has 0 bridgehead atoms. The van der Waals surface area contributed by atoms with Crippen molar-refractivity contribution in [2.24, 2.45) is 11.1 Å². The molecule has 1 fully saturated rings. The van der Waals surface area contributed by atoms with Gasteiger partial charge in [0.1, 0.15) is 5.82 Å². The molecule has 17 heavy (non-hydrogen) atoms. The fraction of sp³-hybridized carbons (Fsp3) is 0.615. The second-order valence-corrected chi connectivity index (χ2v) is 6.21. The molecule has 0 atom stereocenters. The number of hydrogen-bond acceptors (Lipinski definition) is 3. The summed E-state index contributed by atoms with van der Waals surface area (Å²) in [5.41, 5.74) is 7.38. The monoisotopic (exact) mass is 297 g/mol. The van der Waals surface area contributed by atoms with Crippen LogP contribution in [0, 0.1) is 12.3 Å². The standard InChI is InChI=1S/C13H20BrN3/c1-10-7-11(14)8-16-12(10)17-5-3-13(2,9-15)4-6-17/h7-8H,3-6,9,15H2,1-2H3. The summed E-state index contributed by atoms with van der Waals surface area (Å²) in [6.07, 6.45) is 4.18. The van der Waals surface area contributed by atoms with Gasteiger partial charge in [0.05, 0.1) is 0 Å². The van der Waals surface area contributed by atoms with Crippen molar-refractivity contribution in [3.05, 3.63) is 22.3 Å². The van der Waals surface area contributed by atoms with Gasteiger partial charge in [0.25, 0.3) is 0 Å². The SMILES string of the molecule is Cc1cc(Br)cnc1N1CCC(C)(CN)CC1. The zero-order chi connectivity index (χ0) is 12.5. The van der Waals surface area contributed by atoms with Crippen molar-refractivity contribution in [2.75, 3.05) is 24.5 Å². The molecule has 0 radical (unpaired) electrons. The maximum Gasteiger partial charge on any atom is 0.131 e. The van der Waals surface area contributed by atoms with E-state index in [2.05, 4.69) is 45.7 Å². The Morgan fingerprint density at radius 2 is 2.12 bits per heavy atom. The molecule has 0 amide bonds. The summed E-state index contributed by atoms with van der Waals surface area (Å²) in [6.45, 7) is 7.30. The van der Waals surface area contributed by atoms with Gasteiger partial charge >= 0.3 is 0 Å². The number of nitrogens with zero attached hydrogens (tertiary/aromatic N) is 2. The summed E-state index contributed by atoms with van der Waals surface area (Å²) in [5, 5.41) is 0. The number of pyridine rings is 1. The molecular weight excluding hydrogens is 278 g/mol. The molecule has 2 N–H and O–H groups in total. The fourth-order valence-corrected chi connectivity index (χ4v) is 2.77. The molecule has 0 aliphatic carbocycles. The highest BCUT2D eigenvalue weighted by Gasteiger charge is 2.29. The molecule has 1 aliphatic heterocycles. The molecule has 0 spiro atoms. The fourth-order valence-electron chi connectivity index (χ4n) is 2.33. The minimum atomic E-state index is 0.319. The zero-order valence-electron chi connectivity index (χ0n) is 10.5. The van der Waals surface area contributed by atoms with Crippen LogP contribution < -0.4 is 10.6 Å². The van der Waals surface area contributed by atoms with Crippen LogP contribution in [-0.4, -0.2) is 24.6 Å². The highest BCUT2D eigenvalue weighted by atomic mass is 79.9. The Morgan fingerprint density at radius 3 is 2.65 bits per heavy atom. The lowest BCUT2D eigenvalue weighted by Crippen LogP contribution is -2.42. The molecule has 0 aromatic carbocycles. The molecule has 94 valence electrons. The maximum atomic E-state index is 5.83. The van der Waals surface area contributed by atoms with Crippen molar-refractivity contribution in [3.63, 3.8) is 0 Å². The molecule has 1 aromatic heterocycles. The number of aryl methyl sites for hydroxylation is 1. The summed E-state index contributed by atoms with van der Waals surface area (Å²) in [7, 11) is 0. The second-order valence-electron chi connectivity index (χ2n) is 5.30. The van der Waals surface area contributed by atoms with Crippen LogP contribution in [0.3, 0.4) is 0 Å². The third-order valence-corrected chi connectivity index (χ3v) is 4.21. The first-order valence-corrected chi connectivity index (χ1v) is 6.90. The van der Waals surface area contributed by atoms with Crippen LogP contribution in [0.2, 0.25) is 0 Å². The van der Waals surface area contributed by atoms with E-state index in [-0.39, 0.29) is 0 Å². The third kappa shape index (κ3) is 2.80. The second kappa shape index (κ2) is 4.94. The summed E-state index contributed by atoms with van der Waals surface area (Å²) in [5.74, 6) is 1.12. The number of nitrogens with two attached hydrogens (primary N) is 1. The number of piperidine rings is 1. The lowest BCUT2D eigenvalue weighted by atomic mass is 9.80. The van der Waals surface area contributed by atoms with Crippen LogP contribution in [0.4, 0.5) is 5.82 Å². The molecule has 3 nitrogen and oxygen atoms in total. The lowest BCUT2D eigenvalue weighted by Gasteiger charge is -2.39. The van der Waals surface area contributed by atoms with E-state index in [1.165, 1.54) is 5.56 Å². The van der Waals surface area contributed by atoms with Gasteiger partial charge in [-0.05, 0) is 59.3 Å². The molecule has 4 heteroatoms. The van der Waals surface area contributed by atoms with Gasteiger partial charge in [-0.3, -0.25) is 0 Å². The molecule has 1 aromatic rings. The molecule has 0 unspecified atom stereocenters. The van der Waals surface area contributed by atoms with Crippen LogP contribution in [0.25, 0.3) is 0 Å². The van der Waals surface area contributed by atoms with E-state index in [0.29, 0.717) is 5.41 Å². The van der Waals surface area contributed by atoms with E-state index >= 15 is 0 Å². The Bertz CT molecular complexity index is 398. The average Bonchev–Trinajstić information content (AvgIpc) is 2.31. The highest BCUT2D eigenvalue weighted by molar-refractivity contribution is 9.10. The van der Waals surface area contributed by atoms with Gasteiger partial charge in [-0.1, -0.05) is 6.92 Å². The largest absolute Gasteiger partial charge is 0.356 e. The van der Waals surface area contributed by atoms with Gasteiger partial charge < -0.3 is 10.6 Å². The van der Waals surface area contributed by atoms with Crippen molar-refractivity contribution >= 4 is 21.7 Å². The molecule has 0 saturated carbocycles. The third-order valence-electron chi connectivity index (χ3n) is 3.78. The Kier molecular flexibility index (Phi) is 3.73. The first-order chi connectivity index (χ1) is 8.04. The maximum absolute atomic E-state index is 5.83. The van der Waals surface area contributed by atoms with E-state index in [9.17, 15) is 0 Å². The normalized spacial score (nSPS) is 19.4. The van der Waals surface area contributed by atoms with E-state index < -0.39 is 0 Å². The van der Waals surface area contributed by atoms with Gasteiger partial charge in [-0.2, -0.15) is 0 Å². The number of aromatic nitrogens is 1. The first kappa shape index (κ1) is 12.8. The van der Waals surface area contributed by atoms with Crippen molar-refractivity contribution < 1.29 is 0 Å². The topological polar surface area (TPSA) is 42.2 Å². The minimum Gasteiger partial charge on any atom is -0.356 e. The highest BCUT2D eigenvalue weighted by Crippen LogP contribution is 2.32. The van der Waals surface area contributed by atoms with Crippen LogP contribution in [0.5, 0.6) is 0 Å². The summed E-state index contributed by atoms with van der Waals surface area (Å²) < 4.78 is 1.04. The lowest BCUT2D eigenvalue weighted by molar-refractivity contribution is 0.258. The number of anilines is 1. The summed E-state index contributed by atoms with van der Waals surface area (Å²) in [4.78, 5) is 6.90. The van der Waals surface area contributed by atoms with Crippen LogP contribution >= 0.6 is 15.9 Å². The van der Waals surface area contributed by atoms with Gasteiger partial charge in [0, 0.05) is 23.8 Å². The van der Waals surface area contributed by atoms with Crippen molar-refractivity contribution in [3.8, 4) is 0 Å². The molecule has 1 saturated heterocycles. The van der Waals surface area contributed by atoms with Crippen molar-refractivity contribution in [1.29, 1.82) is 0 Å².